The number of hydrogen-bond acceptors (Lipinski definition) is 4. The SMILES string of the molecule is CCCCCCCCC1(I)C2CC(BOC(C)(C)C(C)(C)O)C=CC2C2CCC(BOC(C)(C)C(C)(C)O)CC21. The molecule has 0 bridgehead atoms. The van der Waals surface area contributed by atoms with E-state index >= 15 is 0 Å². The van der Waals surface area contributed by atoms with Gasteiger partial charge in [-0.3, -0.25) is 0 Å². The molecule has 0 aromatic carbocycles. The molecule has 0 aliphatic heterocycles. The Balaban J connectivity index is 1.73. The summed E-state index contributed by atoms with van der Waals surface area (Å²) in [6, 6.07) is 0. The van der Waals surface area contributed by atoms with Gasteiger partial charge >= 0.3 is 0 Å². The van der Waals surface area contributed by atoms with Gasteiger partial charge in [-0.2, -0.15) is 0 Å². The Morgan fingerprint density at radius 3 is 1.95 bits per heavy atom. The van der Waals surface area contributed by atoms with Crippen molar-refractivity contribution in [1.29, 1.82) is 0 Å². The summed E-state index contributed by atoms with van der Waals surface area (Å²) in [6.07, 6.45) is 19.4. The van der Waals surface area contributed by atoms with Gasteiger partial charge < -0.3 is 19.5 Å². The smallest absolute Gasteiger partial charge is 0.282 e. The van der Waals surface area contributed by atoms with Crippen molar-refractivity contribution in [3.05, 3.63) is 12.2 Å². The van der Waals surface area contributed by atoms with Crippen LogP contribution < -0.4 is 0 Å². The summed E-state index contributed by atoms with van der Waals surface area (Å²) in [4.78, 5) is 0. The fraction of sp³-hybridized carbons (Fsp3) is 0.939. The minimum absolute atomic E-state index is 0.317. The molecule has 40 heavy (non-hydrogen) atoms. The molecular weight excluding hydrogens is 609 g/mol. The van der Waals surface area contributed by atoms with Crippen molar-refractivity contribution in [2.24, 2.45) is 23.7 Å². The summed E-state index contributed by atoms with van der Waals surface area (Å²) in [6.45, 7) is 17.8. The molecule has 0 radical (unpaired) electrons. The second kappa shape index (κ2) is 13.6. The van der Waals surface area contributed by atoms with Crippen molar-refractivity contribution in [3.63, 3.8) is 0 Å². The van der Waals surface area contributed by atoms with Gasteiger partial charge in [-0.05, 0) is 110 Å². The zero-order valence-electron chi connectivity index (χ0n) is 27.4. The molecule has 7 heteroatoms. The van der Waals surface area contributed by atoms with Crippen LogP contribution in [0.25, 0.3) is 0 Å². The molecule has 0 heterocycles. The molecule has 3 rings (SSSR count). The van der Waals surface area contributed by atoms with Gasteiger partial charge in [0.25, 0.3) is 15.0 Å². The van der Waals surface area contributed by atoms with Crippen LogP contribution in [-0.2, 0) is 9.31 Å². The molecule has 2 fully saturated rings. The van der Waals surface area contributed by atoms with Gasteiger partial charge in [0, 0.05) is 3.42 Å². The first-order chi connectivity index (χ1) is 18.4. The minimum atomic E-state index is -0.877. The van der Waals surface area contributed by atoms with Crippen molar-refractivity contribution in [1.82, 2.24) is 0 Å². The van der Waals surface area contributed by atoms with Gasteiger partial charge in [-0.15, -0.1) is 0 Å². The highest BCUT2D eigenvalue weighted by atomic mass is 127. The summed E-state index contributed by atoms with van der Waals surface area (Å²) in [5, 5.41) is 21.2. The van der Waals surface area contributed by atoms with Crippen LogP contribution in [0.1, 0.15) is 133 Å². The number of unbranched alkanes of at least 4 members (excludes halogenated alkanes) is 5. The Hall–Kier alpha value is 0.440. The molecular formula is C33H61B2IO4. The van der Waals surface area contributed by atoms with Gasteiger partial charge in [0.2, 0.25) is 0 Å². The maximum absolute atomic E-state index is 10.6. The van der Waals surface area contributed by atoms with Crippen LogP contribution in [-0.4, -0.2) is 51.0 Å². The summed E-state index contributed by atoms with van der Waals surface area (Å²) >= 11 is 2.94. The molecule has 4 nitrogen and oxygen atoms in total. The number of alkyl halides is 1. The lowest BCUT2D eigenvalue weighted by atomic mass is 9.61. The van der Waals surface area contributed by atoms with Gasteiger partial charge in [0.15, 0.2) is 0 Å². The van der Waals surface area contributed by atoms with E-state index in [-0.39, 0.29) is 0 Å². The largest absolute Gasteiger partial charge is 0.432 e. The molecule has 2 saturated carbocycles. The lowest BCUT2D eigenvalue weighted by Crippen LogP contribution is -2.48. The average Bonchev–Trinajstić information content (AvgIpc) is 3.10. The van der Waals surface area contributed by atoms with Gasteiger partial charge in [0.1, 0.15) is 0 Å². The molecule has 0 aromatic heterocycles. The molecule has 0 aromatic rings. The fourth-order valence-electron chi connectivity index (χ4n) is 7.32. The Bertz CT molecular complexity index is 833. The van der Waals surface area contributed by atoms with Gasteiger partial charge in [0.05, 0.1) is 22.4 Å². The molecule has 2 N–H and O–H groups in total. The number of halogens is 1. The first-order valence-electron chi connectivity index (χ1n) is 16.5. The number of fused-ring (bicyclic) bond motifs is 3. The molecule has 7 unspecified atom stereocenters. The summed E-state index contributed by atoms with van der Waals surface area (Å²) < 4.78 is 13.1. The van der Waals surface area contributed by atoms with Crippen LogP contribution in [0.15, 0.2) is 12.2 Å². The zero-order valence-corrected chi connectivity index (χ0v) is 29.6. The van der Waals surface area contributed by atoms with E-state index in [1.54, 1.807) is 0 Å². The lowest BCUT2D eigenvalue weighted by Gasteiger charge is -2.43. The monoisotopic (exact) mass is 670 g/mol. The topological polar surface area (TPSA) is 58.9 Å². The van der Waals surface area contributed by atoms with E-state index in [1.807, 2.05) is 55.4 Å². The van der Waals surface area contributed by atoms with Crippen LogP contribution >= 0.6 is 22.6 Å². The van der Waals surface area contributed by atoms with E-state index in [0.717, 1.165) is 19.3 Å². The van der Waals surface area contributed by atoms with Crippen molar-refractivity contribution in [2.45, 2.75) is 170 Å². The van der Waals surface area contributed by atoms with E-state index in [0.29, 0.717) is 34.4 Å². The number of rotatable bonds is 15. The van der Waals surface area contributed by atoms with E-state index < -0.39 is 22.4 Å². The normalized spacial score (nSPS) is 33.0. The molecule has 3 aliphatic rings. The van der Waals surface area contributed by atoms with Crippen LogP contribution in [0.4, 0.5) is 0 Å². The number of allylic oxidation sites excluding steroid dienone is 2. The highest BCUT2D eigenvalue weighted by Gasteiger charge is 2.59. The standard InChI is InChI=1S/C33H61B2IO4/c1-10-11-12-13-14-15-20-33(36)27-21-23(34-39-31(6,7)29(2,3)37)16-18-25(27)26-19-17-24(22-28(26)33)35-40-32(8,9)30(4,5)38/h16,18,23-28,34-35,37-38H,10-15,17,19-22H2,1-9H3. The molecule has 230 valence electrons. The van der Waals surface area contributed by atoms with Crippen LogP contribution in [0, 0.1) is 23.7 Å². The lowest BCUT2D eigenvalue weighted by molar-refractivity contribution is -0.0914. The Labute approximate surface area is 262 Å². The van der Waals surface area contributed by atoms with Crippen LogP contribution in [0.2, 0.25) is 11.6 Å². The van der Waals surface area contributed by atoms with E-state index in [1.165, 1.54) is 70.6 Å². The molecule has 0 spiro atoms. The maximum Gasteiger partial charge on any atom is 0.282 e. The van der Waals surface area contributed by atoms with Gasteiger partial charge in [-0.25, -0.2) is 0 Å². The molecule has 7 atom stereocenters. The second-order valence-electron chi connectivity index (χ2n) is 15.7. The average molecular weight is 670 g/mol. The van der Waals surface area contributed by atoms with Crippen molar-refractivity contribution in [3.8, 4) is 0 Å². The summed E-state index contributed by atoms with van der Waals surface area (Å²) in [5.74, 6) is 3.84. The van der Waals surface area contributed by atoms with Crippen molar-refractivity contribution < 1.29 is 19.5 Å². The van der Waals surface area contributed by atoms with Crippen LogP contribution in [0.3, 0.4) is 0 Å². The quantitative estimate of drug-likeness (QED) is 0.0611. The summed E-state index contributed by atoms with van der Waals surface area (Å²) in [7, 11) is 1.43. The van der Waals surface area contributed by atoms with E-state index in [4.69, 9.17) is 9.31 Å². The minimum Gasteiger partial charge on any atom is -0.432 e. The van der Waals surface area contributed by atoms with E-state index in [9.17, 15) is 10.2 Å². The summed E-state index contributed by atoms with van der Waals surface area (Å²) in [5.41, 5.74) is -2.87. The Kier molecular flexibility index (Phi) is 11.9. The van der Waals surface area contributed by atoms with Gasteiger partial charge in [-0.1, -0.05) is 93.0 Å². The van der Waals surface area contributed by atoms with E-state index in [2.05, 4.69) is 41.7 Å². The fourth-order valence-corrected chi connectivity index (χ4v) is 9.09. The highest BCUT2D eigenvalue weighted by Crippen LogP contribution is 2.65. The third-order valence-electron chi connectivity index (χ3n) is 11.6. The number of aliphatic hydroxyl groups is 2. The van der Waals surface area contributed by atoms with Crippen molar-refractivity contribution >= 4 is 37.6 Å². The predicted molar refractivity (Wildman–Crippen MR) is 181 cm³/mol. The van der Waals surface area contributed by atoms with Crippen LogP contribution in [0.5, 0.6) is 0 Å². The molecule has 0 amide bonds. The third-order valence-corrected chi connectivity index (χ3v) is 13.7. The second-order valence-corrected chi connectivity index (χ2v) is 17.7. The first kappa shape index (κ1) is 34.9. The predicted octanol–water partition coefficient (Wildman–Crippen LogP) is 7.95. The highest BCUT2D eigenvalue weighted by molar-refractivity contribution is 14.1. The Morgan fingerprint density at radius 2 is 1.35 bits per heavy atom. The number of hydrogen-bond donors (Lipinski definition) is 2. The maximum atomic E-state index is 10.6. The third kappa shape index (κ3) is 8.12. The van der Waals surface area contributed by atoms with Crippen molar-refractivity contribution in [2.75, 3.05) is 0 Å². The zero-order chi connectivity index (χ0) is 30.0. The Morgan fingerprint density at radius 1 is 0.775 bits per heavy atom. The molecule has 0 saturated heterocycles. The molecule has 3 aliphatic carbocycles. The first-order valence-corrected chi connectivity index (χ1v) is 17.6.